The number of nitrogens with two attached hydrogens (primary N) is 1. The van der Waals surface area contributed by atoms with Crippen LogP contribution in [0.4, 0.5) is 5.13 Å². The number of hydrazone groups is 1. The fourth-order valence-electron chi connectivity index (χ4n) is 2.59. The zero-order valence-corrected chi connectivity index (χ0v) is 16.6. The molecule has 0 atom stereocenters. The third-order valence-electron chi connectivity index (χ3n) is 4.17. The van der Waals surface area contributed by atoms with Gasteiger partial charge in [-0.25, -0.2) is 10.4 Å². The van der Waals surface area contributed by atoms with Gasteiger partial charge in [0.25, 0.3) is 5.91 Å². The highest BCUT2D eigenvalue weighted by molar-refractivity contribution is 7.17. The number of ether oxygens (including phenoxy) is 1. The highest BCUT2D eigenvalue weighted by atomic mass is 32.1. The van der Waals surface area contributed by atoms with E-state index in [1.54, 1.807) is 6.21 Å². The van der Waals surface area contributed by atoms with Crippen LogP contribution in [0.25, 0.3) is 0 Å². The Bertz CT molecular complexity index is 980. The predicted octanol–water partition coefficient (Wildman–Crippen LogP) is 3.94. The van der Waals surface area contributed by atoms with Gasteiger partial charge in [-0.1, -0.05) is 42.5 Å². The van der Waals surface area contributed by atoms with E-state index >= 15 is 0 Å². The molecule has 1 heterocycles. The van der Waals surface area contributed by atoms with Gasteiger partial charge in [-0.15, -0.1) is 0 Å². The summed E-state index contributed by atoms with van der Waals surface area (Å²) < 4.78 is 5.82. The molecule has 28 heavy (non-hydrogen) atoms. The van der Waals surface area contributed by atoms with Crippen molar-refractivity contribution in [2.24, 2.45) is 5.10 Å². The van der Waals surface area contributed by atoms with Crippen LogP contribution in [0, 0.1) is 6.92 Å². The Hall–Kier alpha value is -3.19. The molecule has 2 aromatic carbocycles. The van der Waals surface area contributed by atoms with Crippen molar-refractivity contribution in [3.63, 3.8) is 0 Å². The molecule has 0 aliphatic heterocycles. The summed E-state index contributed by atoms with van der Waals surface area (Å²) in [6, 6.07) is 15.6. The predicted molar refractivity (Wildman–Crippen MR) is 113 cm³/mol. The van der Waals surface area contributed by atoms with Crippen LogP contribution in [0.1, 0.15) is 39.0 Å². The largest absolute Gasteiger partial charge is 0.489 e. The molecule has 0 fully saturated rings. The van der Waals surface area contributed by atoms with Crippen LogP contribution in [0.3, 0.4) is 0 Å². The van der Waals surface area contributed by atoms with E-state index in [1.807, 2.05) is 43.3 Å². The third-order valence-corrected chi connectivity index (χ3v) is 5.10. The van der Waals surface area contributed by atoms with Crippen molar-refractivity contribution in [2.45, 2.75) is 26.9 Å². The van der Waals surface area contributed by atoms with E-state index in [9.17, 15) is 4.79 Å². The summed E-state index contributed by atoms with van der Waals surface area (Å²) in [6.45, 7) is 4.52. The summed E-state index contributed by atoms with van der Waals surface area (Å²) in [5, 5.41) is 4.39. The van der Waals surface area contributed by atoms with Gasteiger partial charge in [-0.2, -0.15) is 5.10 Å². The maximum atomic E-state index is 12.2. The van der Waals surface area contributed by atoms with Crippen molar-refractivity contribution in [2.75, 3.05) is 5.73 Å². The molecule has 0 aliphatic rings. The average molecular weight is 395 g/mol. The van der Waals surface area contributed by atoms with E-state index in [0.29, 0.717) is 28.7 Å². The molecule has 6 nitrogen and oxygen atoms in total. The normalized spacial score (nSPS) is 10.9. The maximum Gasteiger partial charge on any atom is 0.283 e. The van der Waals surface area contributed by atoms with Crippen LogP contribution in [0.2, 0.25) is 0 Å². The lowest BCUT2D eigenvalue weighted by molar-refractivity contribution is 0.0958. The maximum absolute atomic E-state index is 12.2. The number of rotatable bonds is 7. The summed E-state index contributed by atoms with van der Waals surface area (Å²) in [4.78, 5) is 16.8. The number of carbonyl (C=O) groups excluding carboxylic acids is 1. The van der Waals surface area contributed by atoms with E-state index in [4.69, 9.17) is 10.5 Å². The molecule has 0 spiro atoms. The minimum absolute atomic E-state index is 0.305. The van der Waals surface area contributed by atoms with Gasteiger partial charge in [0, 0.05) is 0 Å². The minimum atomic E-state index is -0.305. The Balaban J connectivity index is 1.55. The summed E-state index contributed by atoms with van der Waals surface area (Å²) in [7, 11) is 0. The number of nitrogens with one attached hydrogen (secondary N) is 1. The van der Waals surface area contributed by atoms with Gasteiger partial charge in [0.1, 0.15) is 17.2 Å². The van der Waals surface area contributed by atoms with Gasteiger partial charge in [0.2, 0.25) is 0 Å². The summed E-state index contributed by atoms with van der Waals surface area (Å²) in [5.41, 5.74) is 12.1. The smallest absolute Gasteiger partial charge is 0.283 e. The quantitative estimate of drug-likeness (QED) is 0.469. The van der Waals surface area contributed by atoms with Crippen LogP contribution in [-0.4, -0.2) is 17.1 Å². The van der Waals surface area contributed by atoms with E-state index in [1.165, 1.54) is 5.56 Å². The first kappa shape index (κ1) is 19.6. The molecule has 0 bridgehead atoms. The third kappa shape index (κ3) is 4.95. The lowest BCUT2D eigenvalue weighted by atomic mass is 10.1. The van der Waals surface area contributed by atoms with Crippen LogP contribution >= 0.6 is 11.3 Å². The number of hydrogen-bond donors (Lipinski definition) is 2. The first-order chi connectivity index (χ1) is 13.6. The van der Waals surface area contributed by atoms with Crippen molar-refractivity contribution in [1.82, 2.24) is 10.4 Å². The van der Waals surface area contributed by atoms with Gasteiger partial charge in [0.15, 0.2) is 5.13 Å². The second-order valence-electron chi connectivity index (χ2n) is 6.16. The molecule has 144 valence electrons. The molecule has 3 N–H and O–H groups in total. The number of nitrogen functional groups attached to an aromatic ring is 1. The number of amides is 1. The molecule has 7 heteroatoms. The first-order valence-corrected chi connectivity index (χ1v) is 9.74. The van der Waals surface area contributed by atoms with Crippen molar-refractivity contribution in [1.29, 1.82) is 0 Å². The van der Waals surface area contributed by atoms with Crippen LogP contribution < -0.4 is 15.9 Å². The number of aryl methyl sites for hydroxylation is 2. The molecule has 1 amide bonds. The van der Waals surface area contributed by atoms with Crippen LogP contribution in [0.15, 0.2) is 53.6 Å². The van der Waals surface area contributed by atoms with Crippen molar-refractivity contribution < 1.29 is 9.53 Å². The topological polar surface area (TPSA) is 89.6 Å². The molecule has 0 unspecified atom stereocenters. The lowest BCUT2D eigenvalue weighted by Gasteiger charge is -2.08. The zero-order chi connectivity index (χ0) is 19.9. The van der Waals surface area contributed by atoms with Crippen molar-refractivity contribution in [3.8, 4) is 5.75 Å². The Morgan fingerprint density at radius 1 is 1.25 bits per heavy atom. The molecule has 3 rings (SSSR count). The highest BCUT2D eigenvalue weighted by Crippen LogP contribution is 2.20. The summed E-state index contributed by atoms with van der Waals surface area (Å²) >= 11 is 1.16. The number of benzene rings is 2. The number of aromatic nitrogens is 1. The lowest BCUT2D eigenvalue weighted by Crippen LogP contribution is -2.17. The number of nitrogens with zero attached hydrogens (tertiary/aromatic N) is 2. The number of anilines is 1. The fourth-order valence-corrected chi connectivity index (χ4v) is 3.40. The Kier molecular flexibility index (Phi) is 6.39. The molecular weight excluding hydrogens is 372 g/mol. The number of hydrogen-bond acceptors (Lipinski definition) is 6. The van der Waals surface area contributed by atoms with Crippen molar-refractivity contribution in [3.05, 3.63) is 75.8 Å². The van der Waals surface area contributed by atoms with E-state index < -0.39 is 0 Å². The van der Waals surface area contributed by atoms with Crippen molar-refractivity contribution >= 4 is 28.6 Å². The first-order valence-electron chi connectivity index (χ1n) is 8.92. The number of thiazole rings is 1. The van der Waals surface area contributed by atoms with Gasteiger partial charge in [-0.05, 0) is 54.3 Å². The Morgan fingerprint density at radius 3 is 2.71 bits per heavy atom. The zero-order valence-electron chi connectivity index (χ0n) is 15.8. The fraction of sp³-hybridized carbons (Fsp3) is 0.190. The second-order valence-corrected chi connectivity index (χ2v) is 7.20. The van der Waals surface area contributed by atoms with E-state index in [2.05, 4.69) is 34.6 Å². The Morgan fingerprint density at radius 2 is 2.00 bits per heavy atom. The molecule has 0 saturated carbocycles. The average Bonchev–Trinajstić information content (AvgIpc) is 3.09. The van der Waals surface area contributed by atoms with E-state index in [0.717, 1.165) is 28.2 Å². The molecular formula is C21H22N4O2S. The molecule has 0 saturated heterocycles. The molecule has 0 aliphatic carbocycles. The molecule has 0 radical (unpaired) electrons. The van der Waals surface area contributed by atoms with Gasteiger partial charge in [-0.3, -0.25) is 4.79 Å². The monoisotopic (exact) mass is 394 g/mol. The minimum Gasteiger partial charge on any atom is -0.489 e. The van der Waals surface area contributed by atoms with Gasteiger partial charge in [0.05, 0.1) is 11.9 Å². The number of carbonyl (C=O) groups is 1. The van der Waals surface area contributed by atoms with E-state index in [-0.39, 0.29) is 5.91 Å². The van der Waals surface area contributed by atoms with Gasteiger partial charge >= 0.3 is 0 Å². The Labute approximate surface area is 168 Å². The highest BCUT2D eigenvalue weighted by Gasteiger charge is 2.15. The summed E-state index contributed by atoms with van der Waals surface area (Å²) in [6.07, 6.45) is 2.23. The van der Waals surface area contributed by atoms with Gasteiger partial charge < -0.3 is 10.5 Å². The standard InChI is InChI=1S/C21H22N4O2S/c1-3-18-19(28-21(22)24-18)20(26)25-23-12-15-8-10-17(11-9-15)27-13-16-7-5-4-6-14(16)2/h4-12H,3,13H2,1-2H3,(H2,22,24)(H,25,26)/b23-12+. The van der Waals surface area contributed by atoms with Crippen LogP contribution in [-0.2, 0) is 13.0 Å². The molecule has 1 aromatic heterocycles. The SMILES string of the molecule is CCc1nc(N)sc1C(=O)N/N=C/c1ccc(OCc2ccccc2C)cc1. The van der Waals surface area contributed by atoms with Crippen LogP contribution in [0.5, 0.6) is 5.75 Å². The molecule has 3 aromatic rings. The second kappa shape index (κ2) is 9.14. The summed E-state index contributed by atoms with van der Waals surface area (Å²) in [5.74, 6) is 0.470.